The molecular weight excluding hydrogens is 240 g/mol. The Morgan fingerprint density at radius 1 is 1.53 bits per heavy atom. The molecule has 0 bridgehead atoms. The lowest BCUT2D eigenvalue weighted by Gasteiger charge is -2.15. The fourth-order valence-electron chi connectivity index (χ4n) is 1.10. The zero-order valence-electron chi connectivity index (χ0n) is 8.14. The van der Waals surface area contributed by atoms with Gasteiger partial charge < -0.3 is 4.90 Å². The predicted molar refractivity (Wildman–Crippen MR) is 58.6 cm³/mol. The van der Waals surface area contributed by atoms with Gasteiger partial charge in [-0.15, -0.1) is 11.6 Å². The normalized spacial score (nSPS) is 10.1. The third-order valence-electron chi connectivity index (χ3n) is 1.94. The van der Waals surface area contributed by atoms with Gasteiger partial charge in [0.15, 0.2) is 0 Å². The first kappa shape index (κ1) is 12.3. The zero-order chi connectivity index (χ0) is 11.4. The lowest BCUT2D eigenvalue weighted by molar-refractivity contribution is -0.127. The Kier molecular flexibility index (Phi) is 4.36. The number of hydrogen-bond acceptors (Lipinski definition) is 1. The van der Waals surface area contributed by atoms with Crippen molar-refractivity contribution < 1.29 is 9.18 Å². The first-order valence-corrected chi connectivity index (χ1v) is 5.19. The van der Waals surface area contributed by atoms with Gasteiger partial charge in [-0.05, 0) is 17.7 Å². The second kappa shape index (κ2) is 5.33. The standard InChI is InChI=1S/C10H10Cl2FNO/c1-14(10(15)5-11)6-7-2-3-8(12)9(13)4-7/h2-4H,5-6H2,1H3. The van der Waals surface area contributed by atoms with Crippen molar-refractivity contribution in [2.75, 3.05) is 12.9 Å². The number of rotatable bonds is 3. The molecule has 0 fully saturated rings. The smallest absolute Gasteiger partial charge is 0.237 e. The van der Waals surface area contributed by atoms with Crippen LogP contribution in [0.3, 0.4) is 0 Å². The molecule has 0 spiro atoms. The topological polar surface area (TPSA) is 20.3 Å². The van der Waals surface area contributed by atoms with Crippen molar-refractivity contribution in [1.29, 1.82) is 0 Å². The maximum Gasteiger partial charge on any atom is 0.237 e. The van der Waals surface area contributed by atoms with E-state index >= 15 is 0 Å². The van der Waals surface area contributed by atoms with Crippen molar-refractivity contribution in [3.8, 4) is 0 Å². The third-order valence-corrected chi connectivity index (χ3v) is 2.48. The van der Waals surface area contributed by atoms with Gasteiger partial charge in [0.25, 0.3) is 0 Å². The van der Waals surface area contributed by atoms with E-state index in [4.69, 9.17) is 23.2 Å². The lowest BCUT2D eigenvalue weighted by atomic mass is 10.2. The molecule has 0 aliphatic heterocycles. The third kappa shape index (κ3) is 3.36. The van der Waals surface area contributed by atoms with Crippen LogP contribution in [-0.4, -0.2) is 23.7 Å². The molecule has 0 heterocycles. The number of carbonyl (C=O) groups is 1. The molecule has 0 aliphatic carbocycles. The highest BCUT2D eigenvalue weighted by atomic mass is 35.5. The van der Waals surface area contributed by atoms with Crippen LogP contribution < -0.4 is 0 Å². The summed E-state index contributed by atoms with van der Waals surface area (Å²) in [6.07, 6.45) is 0. The van der Waals surface area contributed by atoms with E-state index in [1.54, 1.807) is 13.1 Å². The summed E-state index contributed by atoms with van der Waals surface area (Å²) < 4.78 is 13.1. The van der Waals surface area contributed by atoms with Crippen LogP contribution in [0.25, 0.3) is 0 Å². The highest BCUT2D eigenvalue weighted by molar-refractivity contribution is 6.30. The largest absolute Gasteiger partial charge is 0.340 e. The zero-order valence-corrected chi connectivity index (χ0v) is 9.65. The Balaban J connectivity index is 2.73. The van der Waals surface area contributed by atoms with Crippen molar-refractivity contribution in [2.24, 2.45) is 0 Å². The molecule has 15 heavy (non-hydrogen) atoms. The second-order valence-electron chi connectivity index (χ2n) is 3.13. The Hall–Kier alpha value is -0.800. The van der Waals surface area contributed by atoms with Crippen LogP contribution in [0.1, 0.15) is 5.56 Å². The molecule has 1 aromatic rings. The van der Waals surface area contributed by atoms with Crippen LogP contribution in [0, 0.1) is 5.82 Å². The minimum Gasteiger partial charge on any atom is -0.340 e. The fourth-order valence-corrected chi connectivity index (χ4v) is 1.42. The highest BCUT2D eigenvalue weighted by Gasteiger charge is 2.08. The summed E-state index contributed by atoms with van der Waals surface area (Å²) in [6.45, 7) is 0.319. The summed E-state index contributed by atoms with van der Waals surface area (Å²) in [7, 11) is 1.61. The summed E-state index contributed by atoms with van der Waals surface area (Å²) in [5, 5.41) is 0.0741. The average Bonchev–Trinajstić information content (AvgIpc) is 2.22. The van der Waals surface area contributed by atoms with E-state index in [9.17, 15) is 9.18 Å². The fraction of sp³-hybridized carbons (Fsp3) is 0.300. The van der Waals surface area contributed by atoms with Gasteiger partial charge in [-0.25, -0.2) is 4.39 Å². The molecule has 82 valence electrons. The van der Waals surface area contributed by atoms with E-state index in [0.29, 0.717) is 12.1 Å². The SMILES string of the molecule is CN(Cc1ccc(Cl)c(F)c1)C(=O)CCl. The van der Waals surface area contributed by atoms with Gasteiger partial charge in [0.05, 0.1) is 5.02 Å². The second-order valence-corrected chi connectivity index (χ2v) is 3.81. The minimum atomic E-state index is -0.485. The van der Waals surface area contributed by atoms with E-state index in [2.05, 4.69) is 0 Å². The molecule has 1 aromatic carbocycles. The number of benzene rings is 1. The minimum absolute atomic E-state index is 0.0741. The summed E-state index contributed by atoms with van der Waals surface area (Å²) in [6, 6.07) is 4.44. The predicted octanol–water partition coefficient (Wildman–Crippen LogP) is 2.68. The highest BCUT2D eigenvalue weighted by Crippen LogP contribution is 2.16. The van der Waals surface area contributed by atoms with Crippen LogP contribution in [0.15, 0.2) is 18.2 Å². The molecule has 0 saturated heterocycles. The number of carbonyl (C=O) groups excluding carboxylic acids is 1. The molecule has 0 aromatic heterocycles. The lowest BCUT2D eigenvalue weighted by Crippen LogP contribution is -2.27. The molecule has 0 N–H and O–H groups in total. The van der Waals surface area contributed by atoms with Gasteiger partial charge in [-0.3, -0.25) is 4.79 Å². The van der Waals surface area contributed by atoms with E-state index in [1.165, 1.54) is 17.0 Å². The maximum atomic E-state index is 13.1. The van der Waals surface area contributed by atoms with Gasteiger partial charge >= 0.3 is 0 Å². The average molecular weight is 250 g/mol. The molecule has 0 unspecified atom stereocenters. The number of halogens is 3. The number of nitrogens with zero attached hydrogens (tertiary/aromatic N) is 1. The van der Waals surface area contributed by atoms with Gasteiger partial charge in [0.1, 0.15) is 11.7 Å². The number of alkyl halides is 1. The van der Waals surface area contributed by atoms with Gasteiger partial charge in [-0.1, -0.05) is 17.7 Å². The van der Waals surface area contributed by atoms with E-state index < -0.39 is 5.82 Å². The molecule has 0 radical (unpaired) electrons. The Bertz CT molecular complexity index is 370. The van der Waals surface area contributed by atoms with Crippen LogP contribution in [0.4, 0.5) is 4.39 Å². The molecule has 1 amide bonds. The van der Waals surface area contributed by atoms with Gasteiger partial charge in [0.2, 0.25) is 5.91 Å². The first-order chi connectivity index (χ1) is 7.04. The molecule has 0 aliphatic rings. The van der Waals surface area contributed by atoms with Gasteiger partial charge in [0, 0.05) is 13.6 Å². The maximum absolute atomic E-state index is 13.1. The number of amides is 1. The monoisotopic (exact) mass is 249 g/mol. The van der Waals surface area contributed by atoms with Crippen molar-refractivity contribution in [3.05, 3.63) is 34.6 Å². The van der Waals surface area contributed by atoms with E-state index in [0.717, 1.165) is 0 Å². The van der Waals surface area contributed by atoms with Crippen LogP contribution >= 0.6 is 23.2 Å². The molecule has 0 saturated carbocycles. The van der Waals surface area contributed by atoms with Crippen molar-refractivity contribution >= 4 is 29.1 Å². The summed E-state index contributed by atoms with van der Waals surface area (Å²) in [5.74, 6) is -0.764. The van der Waals surface area contributed by atoms with Crippen LogP contribution in [-0.2, 0) is 11.3 Å². The molecule has 0 atom stereocenters. The molecular formula is C10H10Cl2FNO. The Morgan fingerprint density at radius 3 is 2.73 bits per heavy atom. The Morgan fingerprint density at radius 2 is 2.20 bits per heavy atom. The van der Waals surface area contributed by atoms with Crippen molar-refractivity contribution in [2.45, 2.75) is 6.54 Å². The van der Waals surface area contributed by atoms with Crippen LogP contribution in [0.2, 0.25) is 5.02 Å². The van der Waals surface area contributed by atoms with Crippen molar-refractivity contribution in [3.63, 3.8) is 0 Å². The van der Waals surface area contributed by atoms with Crippen molar-refractivity contribution in [1.82, 2.24) is 4.90 Å². The van der Waals surface area contributed by atoms with Gasteiger partial charge in [-0.2, -0.15) is 0 Å². The molecule has 1 rings (SSSR count). The van der Waals surface area contributed by atoms with E-state index in [-0.39, 0.29) is 16.8 Å². The molecule has 2 nitrogen and oxygen atoms in total. The summed E-state index contributed by atoms with van der Waals surface area (Å²) in [4.78, 5) is 12.6. The summed E-state index contributed by atoms with van der Waals surface area (Å²) >= 11 is 10.9. The quantitative estimate of drug-likeness (QED) is 0.755. The summed E-state index contributed by atoms with van der Waals surface area (Å²) in [5.41, 5.74) is 0.679. The molecule has 5 heteroatoms. The Labute approximate surface area is 97.6 Å². The first-order valence-electron chi connectivity index (χ1n) is 4.28. The van der Waals surface area contributed by atoms with Crippen LogP contribution in [0.5, 0.6) is 0 Å². The van der Waals surface area contributed by atoms with E-state index in [1.807, 2.05) is 0 Å². The number of hydrogen-bond donors (Lipinski definition) is 0.